The summed E-state index contributed by atoms with van der Waals surface area (Å²) >= 11 is 0. The summed E-state index contributed by atoms with van der Waals surface area (Å²) in [6.45, 7) is 16.0. The molecule has 5 rings (SSSR count). The number of aromatic amines is 2. The van der Waals surface area contributed by atoms with Crippen molar-refractivity contribution in [1.29, 1.82) is 0 Å². The second-order valence-corrected chi connectivity index (χ2v) is 27.3. The molecule has 576 valence electrons. The van der Waals surface area contributed by atoms with Gasteiger partial charge in [0, 0.05) is 61.1 Å². The highest BCUT2D eigenvalue weighted by molar-refractivity contribution is 6.00. The lowest BCUT2D eigenvalue weighted by atomic mass is 9.94. The van der Waals surface area contributed by atoms with E-state index in [0.717, 1.165) is 10.9 Å². The Morgan fingerprint density at radius 1 is 0.453 bits per heavy atom. The molecule has 2 aromatic heterocycles. The molecule has 2 heterocycles. The molecule has 33 heteroatoms. The lowest BCUT2D eigenvalue weighted by Gasteiger charge is -2.31. The smallest absolute Gasteiger partial charge is 0.326 e. The molecule has 0 aliphatic heterocycles. The summed E-state index contributed by atoms with van der Waals surface area (Å²) in [5.41, 5.74) is 8.50. The van der Waals surface area contributed by atoms with Crippen LogP contribution in [0.15, 0.2) is 97.6 Å². The predicted molar refractivity (Wildman–Crippen MR) is 387 cm³/mol. The van der Waals surface area contributed by atoms with Crippen LogP contribution in [0, 0.1) is 23.7 Å². The zero-order chi connectivity index (χ0) is 78.6. The first-order valence-corrected chi connectivity index (χ1v) is 35.2. The molecule has 0 fully saturated rings. The number of benzene rings is 3. The van der Waals surface area contributed by atoms with E-state index in [1.54, 1.807) is 104 Å². The minimum Gasteiger partial charge on any atom is -0.508 e. The van der Waals surface area contributed by atoms with E-state index in [1.807, 2.05) is 12.1 Å². The van der Waals surface area contributed by atoms with E-state index in [4.69, 9.17) is 10.8 Å². The fourth-order valence-corrected chi connectivity index (χ4v) is 11.3. The number of aromatic hydroxyl groups is 1. The van der Waals surface area contributed by atoms with Crippen LogP contribution >= 0.6 is 0 Å². The molecule has 0 saturated heterocycles. The highest BCUT2D eigenvalue weighted by Crippen LogP contribution is 2.21. The van der Waals surface area contributed by atoms with Crippen molar-refractivity contribution in [2.24, 2.45) is 29.4 Å². The molecule has 106 heavy (non-hydrogen) atoms. The number of nitrogens with one attached hydrogen (secondary N) is 13. The molecule has 0 radical (unpaired) electrons. The van der Waals surface area contributed by atoms with E-state index in [2.05, 4.69) is 73.4 Å². The fourth-order valence-electron chi connectivity index (χ4n) is 11.3. The van der Waals surface area contributed by atoms with Crippen LogP contribution in [0.3, 0.4) is 0 Å². The zero-order valence-corrected chi connectivity index (χ0v) is 61.1. The van der Waals surface area contributed by atoms with Crippen molar-refractivity contribution >= 4 is 93.8 Å². The molecule has 0 aliphatic carbocycles. The first kappa shape index (κ1) is 85.4. The number of nitrogens with zero attached hydrogens (tertiary/aromatic N) is 1. The number of nitrogens with two attached hydrogens (primary N) is 1. The summed E-state index contributed by atoms with van der Waals surface area (Å²) in [6, 6.07) is 3.87. The maximum Gasteiger partial charge on any atom is 0.326 e. The SMILES string of the molecule is CC[C@H](C)[C@H](NC(=O)[C@H](CC(=O)O)NC(=O)[C@H](CC(C)C)NC(=O)[C@H](Cc1cnc[nH]1)NC(=O)[C@H](C)NC(=O)[C@H](Cc1ccccc1)NC(=O)[C@H](Cc1ccc(O)cc1)NC(=O)[C@@H](NC(=O)[C@H](C)NC(=O)[C@@H](N)CCC(=O)O)C(C)C)C(=O)N[C@H](C(=O)N[C@@H](Cc1c[nH]c2ccccc12)C(=O)O)[C@@H](C)CC. The lowest BCUT2D eigenvalue weighted by molar-refractivity contribution is -0.143. The van der Waals surface area contributed by atoms with Crippen LogP contribution in [0.5, 0.6) is 5.75 Å². The van der Waals surface area contributed by atoms with Gasteiger partial charge in [0.15, 0.2) is 0 Å². The third-order valence-corrected chi connectivity index (χ3v) is 17.9. The van der Waals surface area contributed by atoms with Gasteiger partial charge in [-0.3, -0.25) is 62.3 Å². The second-order valence-electron chi connectivity index (χ2n) is 27.3. The third kappa shape index (κ3) is 26.8. The molecule has 3 aromatic carbocycles. The number of fused-ring (bicyclic) bond motifs is 1. The van der Waals surface area contributed by atoms with Crippen molar-refractivity contribution in [3.05, 3.63) is 120 Å². The average Bonchev–Trinajstić information content (AvgIpc) is 1.63. The van der Waals surface area contributed by atoms with E-state index in [-0.39, 0.29) is 56.6 Å². The number of aromatic nitrogens is 3. The van der Waals surface area contributed by atoms with Crippen molar-refractivity contribution in [1.82, 2.24) is 73.4 Å². The number of para-hydroxylation sites is 1. The molecule has 33 nitrogen and oxygen atoms in total. The van der Waals surface area contributed by atoms with Gasteiger partial charge in [-0.25, -0.2) is 9.78 Å². The molecule has 0 spiro atoms. The van der Waals surface area contributed by atoms with Crippen LogP contribution < -0.4 is 64.2 Å². The van der Waals surface area contributed by atoms with Crippen molar-refractivity contribution in [3.63, 3.8) is 0 Å². The van der Waals surface area contributed by atoms with Crippen LogP contribution in [-0.4, -0.2) is 191 Å². The van der Waals surface area contributed by atoms with E-state index >= 15 is 0 Å². The van der Waals surface area contributed by atoms with Gasteiger partial charge in [-0.2, -0.15) is 0 Å². The highest BCUT2D eigenvalue weighted by atomic mass is 16.4. The lowest BCUT2D eigenvalue weighted by Crippen LogP contribution is -2.62. The summed E-state index contributed by atoms with van der Waals surface area (Å²) in [5.74, 6) is -16.5. The predicted octanol–water partition coefficient (Wildman–Crippen LogP) is 0.785. The summed E-state index contributed by atoms with van der Waals surface area (Å²) in [5, 5.41) is 68.6. The summed E-state index contributed by atoms with van der Waals surface area (Å²) in [4.78, 5) is 202. The number of imidazole rings is 1. The maximum atomic E-state index is 14.7. The summed E-state index contributed by atoms with van der Waals surface area (Å²) < 4.78 is 0. The number of amides is 11. The van der Waals surface area contributed by atoms with E-state index in [9.17, 15) is 82.4 Å². The van der Waals surface area contributed by atoms with Gasteiger partial charge < -0.3 is 94.6 Å². The highest BCUT2D eigenvalue weighted by Gasteiger charge is 2.39. The molecule has 0 bridgehead atoms. The minimum atomic E-state index is -1.88. The number of carbonyl (C=O) groups excluding carboxylic acids is 11. The zero-order valence-electron chi connectivity index (χ0n) is 61.1. The van der Waals surface area contributed by atoms with E-state index in [0.29, 0.717) is 28.8 Å². The van der Waals surface area contributed by atoms with E-state index < -0.39 is 186 Å². The Balaban J connectivity index is 1.34. The number of hydrogen-bond donors (Lipinski definition) is 18. The largest absolute Gasteiger partial charge is 0.508 e. The molecule has 5 aromatic rings. The number of aliphatic carboxylic acids is 3. The second kappa shape index (κ2) is 41.3. The Hall–Kier alpha value is -11.3. The van der Waals surface area contributed by atoms with Crippen LogP contribution in [-0.2, 0) is 92.8 Å². The molecule has 14 atom stereocenters. The Kier molecular flexibility index (Phi) is 33.3. The topological polar surface area (TPSA) is 523 Å². The van der Waals surface area contributed by atoms with Gasteiger partial charge in [0.1, 0.15) is 72.2 Å². The monoisotopic (exact) mass is 1480 g/mol. The molecular weight excluding hydrogens is 1370 g/mol. The molecule has 0 unspecified atom stereocenters. The summed E-state index contributed by atoms with van der Waals surface area (Å²) in [6.07, 6.45) is 2.36. The normalized spacial score (nSPS) is 15.3. The number of carbonyl (C=O) groups is 14. The van der Waals surface area contributed by atoms with Crippen LogP contribution in [0.25, 0.3) is 10.9 Å². The van der Waals surface area contributed by atoms with Gasteiger partial charge in [-0.05, 0) is 85.3 Å². The standard InChI is InChI=1S/C73H101N15O18/c1-11-39(7)60(71(103)85-56(73(105)106)31-45-34-76-50-21-17-16-20-48(45)50)88-72(104)61(40(8)12-2)87-69(101)55(33-58(92)93)83-66(98)51(28-37(3)4)81-68(100)54(32-46-35-75-36-77-46)80-62(94)41(9)79-65(97)52(29-43-18-14-13-15-19-43)82-67(99)53(30-44-22-24-47(89)25-23-44)84-70(102)59(38(5)6)86-63(95)42(10)78-64(96)49(74)26-27-57(90)91/h13-25,34-42,49,51-56,59-61,76,89H,11-12,26-33,74H2,1-10H3,(H,75,77)(H,78,96)(H,79,97)(H,80,94)(H,81,100)(H,82,99)(H,83,98)(H,84,102)(H,85,103)(H,86,95)(H,87,101)(H,88,104)(H,90,91)(H,92,93)(H,105,106)/t39-,40-,41-,42-,49-,51-,52-,53-,54-,55-,56-,59-,60-,61-/m0/s1. The Morgan fingerprint density at radius 2 is 0.906 bits per heavy atom. The van der Waals surface area contributed by atoms with Gasteiger partial charge in [-0.1, -0.05) is 129 Å². The Bertz CT molecular complexity index is 3850. The van der Waals surface area contributed by atoms with Gasteiger partial charge in [0.25, 0.3) is 0 Å². The number of phenols is 1. The number of carboxylic acids is 3. The first-order valence-electron chi connectivity index (χ1n) is 35.2. The molecule has 11 amide bonds. The molecular formula is C73H101N15O18. The number of carboxylic acid groups (broad SMARTS) is 3. The van der Waals surface area contributed by atoms with Crippen molar-refractivity contribution < 1.29 is 87.5 Å². The van der Waals surface area contributed by atoms with Crippen molar-refractivity contribution in [3.8, 4) is 5.75 Å². The average molecular weight is 1480 g/mol. The number of hydrogen-bond acceptors (Lipinski definition) is 17. The van der Waals surface area contributed by atoms with E-state index in [1.165, 1.54) is 50.6 Å². The van der Waals surface area contributed by atoms with Gasteiger partial charge in [-0.15, -0.1) is 0 Å². The minimum absolute atomic E-state index is 0.107. The van der Waals surface area contributed by atoms with Gasteiger partial charge >= 0.3 is 17.9 Å². The molecule has 0 aliphatic rings. The van der Waals surface area contributed by atoms with Crippen molar-refractivity contribution in [2.45, 2.75) is 206 Å². The van der Waals surface area contributed by atoms with Gasteiger partial charge in [0.2, 0.25) is 65.0 Å². The van der Waals surface area contributed by atoms with Crippen LogP contribution in [0.4, 0.5) is 0 Å². The number of phenolic OH excluding ortho intramolecular Hbond substituents is 1. The van der Waals surface area contributed by atoms with Crippen LogP contribution in [0.1, 0.15) is 130 Å². The van der Waals surface area contributed by atoms with Crippen LogP contribution in [0.2, 0.25) is 0 Å². The summed E-state index contributed by atoms with van der Waals surface area (Å²) in [7, 11) is 0. The fraction of sp³-hybridized carbons (Fsp3) is 0.493. The molecule has 19 N–H and O–H groups in total. The van der Waals surface area contributed by atoms with Gasteiger partial charge in [0.05, 0.1) is 18.8 Å². The quantitative estimate of drug-likeness (QED) is 0.0256. The Labute approximate surface area is 613 Å². The Morgan fingerprint density at radius 3 is 1.45 bits per heavy atom. The van der Waals surface area contributed by atoms with Crippen molar-refractivity contribution in [2.75, 3.05) is 0 Å². The number of H-pyrrole nitrogens is 2. The first-order chi connectivity index (χ1) is 50.1. The maximum absolute atomic E-state index is 14.7. The number of rotatable bonds is 43. The molecule has 0 saturated carbocycles. The third-order valence-electron chi connectivity index (χ3n) is 17.9.